The molecule has 0 spiro atoms. The molecule has 1 aromatic rings. The lowest BCUT2D eigenvalue weighted by atomic mass is 9.90. The molecule has 2 N–H and O–H groups in total. The van der Waals surface area contributed by atoms with E-state index in [1.54, 1.807) is 19.2 Å². The van der Waals surface area contributed by atoms with Crippen LogP contribution in [0.2, 0.25) is 0 Å². The van der Waals surface area contributed by atoms with Crippen molar-refractivity contribution < 1.29 is 13.2 Å². The Morgan fingerprint density at radius 2 is 2.00 bits per heavy atom. The highest BCUT2D eigenvalue weighted by atomic mass is 32.2. The standard InChI is InChI=1S/C15H24N2O3S/c1-4-11-5-6-15(7-12(11)10-16-2)21(18,19)17-13-8-14(9-13)20-3/h5-7,13-14,16-17H,4,8-10H2,1-3H3. The van der Waals surface area contributed by atoms with Crippen LogP contribution < -0.4 is 10.0 Å². The molecule has 0 aromatic heterocycles. The zero-order valence-corrected chi connectivity index (χ0v) is 13.7. The van der Waals surface area contributed by atoms with Gasteiger partial charge in [0.2, 0.25) is 10.0 Å². The Bertz CT molecular complexity index is 581. The largest absolute Gasteiger partial charge is 0.381 e. The highest BCUT2D eigenvalue weighted by Crippen LogP contribution is 2.25. The first-order valence-electron chi connectivity index (χ1n) is 7.31. The van der Waals surface area contributed by atoms with Crippen LogP contribution in [0, 0.1) is 0 Å². The molecule has 21 heavy (non-hydrogen) atoms. The van der Waals surface area contributed by atoms with Crippen LogP contribution in [0.25, 0.3) is 0 Å². The van der Waals surface area contributed by atoms with Gasteiger partial charge in [0.25, 0.3) is 0 Å². The number of hydrogen-bond donors (Lipinski definition) is 2. The molecule has 1 aromatic carbocycles. The van der Waals surface area contributed by atoms with E-state index in [4.69, 9.17) is 4.74 Å². The minimum Gasteiger partial charge on any atom is -0.381 e. The van der Waals surface area contributed by atoms with Crippen molar-refractivity contribution in [1.82, 2.24) is 10.0 Å². The number of benzene rings is 1. The maximum absolute atomic E-state index is 12.4. The summed E-state index contributed by atoms with van der Waals surface area (Å²) in [6.45, 7) is 2.74. The molecule has 0 saturated heterocycles. The van der Waals surface area contributed by atoms with Crippen molar-refractivity contribution in [2.75, 3.05) is 14.2 Å². The van der Waals surface area contributed by atoms with E-state index in [1.807, 2.05) is 13.1 Å². The van der Waals surface area contributed by atoms with Crippen LogP contribution in [0.1, 0.15) is 30.9 Å². The number of ether oxygens (including phenoxy) is 1. The molecule has 0 bridgehead atoms. The van der Waals surface area contributed by atoms with Gasteiger partial charge in [0.05, 0.1) is 11.0 Å². The van der Waals surface area contributed by atoms with E-state index < -0.39 is 10.0 Å². The predicted molar refractivity (Wildman–Crippen MR) is 82.7 cm³/mol. The Morgan fingerprint density at radius 1 is 1.29 bits per heavy atom. The molecule has 0 radical (unpaired) electrons. The van der Waals surface area contributed by atoms with Gasteiger partial charge < -0.3 is 10.1 Å². The fourth-order valence-corrected chi connectivity index (χ4v) is 3.92. The molecular weight excluding hydrogens is 288 g/mol. The smallest absolute Gasteiger partial charge is 0.240 e. The van der Waals surface area contributed by atoms with Gasteiger partial charge >= 0.3 is 0 Å². The Hall–Kier alpha value is -0.950. The quantitative estimate of drug-likeness (QED) is 0.799. The summed E-state index contributed by atoms with van der Waals surface area (Å²) in [4.78, 5) is 0.339. The summed E-state index contributed by atoms with van der Waals surface area (Å²) < 4.78 is 32.8. The predicted octanol–water partition coefficient (Wildman–Crippen LogP) is 1.42. The fourth-order valence-electron chi connectivity index (χ4n) is 2.61. The molecule has 1 fully saturated rings. The summed E-state index contributed by atoms with van der Waals surface area (Å²) in [7, 11) is 0.0637. The third-order valence-electron chi connectivity index (χ3n) is 3.99. The Labute approximate surface area is 127 Å². The lowest BCUT2D eigenvalue weighted by Gasteiger charge is -2.34. The molecule has 0 unspecified atom stereocenters. The van der Waals surface area contributed by atoms with Crippen molar-refractivity contribution in [3.63, 3.8) is 0 Å². The summed E-state index contributed by atoms with van der Waals surface area (Å²) in [6, 6.07) is 5.34. The Kier molecular flexibility index (Phi) is 5.37. The lowest BCUT2D eigenvalue weighted by molar-refractivity contribution is 0.0236. The van der Waals surface area contributed by atoms with Gasteiger partial charge in [-0.3, -0.25) is 0 Å². The van der Waals surface area contributed by atoms with Crippen LogP contribution in [0.15, 0.2) is 23.1 Å². The normalized spacial score (nSPS) is 22.0. The molecule has 118 valence electrons. The number of aryl methyl sites for hydroxylation is 1. The Balaban J connectivity index is 2.14. The third kappa shape index (κ3) is 3.83. The van der Waals surface area contributed by atoms with Crippen molar-refractivity contribution in [3.05, 3.63) is 29.3 Å². The van der Waals surface area contributed by atoms with Gasteiger partial charge in [-0.05, 0) is 49.6 Å². The highest BCUT2D eigenvalue weighted by Gasteiger charge is 2.32. The van der Waals surface area contributed by atoms with Gasteiger partial charge in [-0.1, -0.05) is 13.0 Å². The van der Waals surface area contributed by atoms with Crippen LogP contribution in [-0.2, 0) is 27.7 Å². The van der Waals surface area contributed by atoms with E-state index in [2.05, 4.69) is 17.0 Å². The number of hydrogen-bond acceptors (Lipinski definition) is 4. The maximum atomic E-state index is 12.4. The summed E-state index contributed by atoms with van der Waals surface area (Å²) in [5.74, 6) is 0. The van der Waals surface area contributed by atoms with Gasteiger partial charge in [-0.15, -0.1) is 0 Å². The van der Waals surface area contributed by atoms with E-state index in [0.29, 0.717) is 11.4 Å². The van der Waals surface area contributed by atoms with Crippen molar-refractivity contribution in [1.29, 1.82) is 0 Å². The molecule has 0 atom stereocenters. The minimum absolute atomic E-state index is 0.0152. The second-order valence-electron chi connectivity index (χ2n) is 5.46. The second kappa shape index (κ2) is 6.87. The monoisotopic (exact) mass is 312 g/mol. The first-order chi connectivity index (χ1) is 10.00. The van der Waals surface area contributed by atoms with Crippen molar-refractivity contribution in [2.24, 2.45) is 0 Å². The third-order valence-corrected chi connectivity index (χ3v) is 5.50. The molecule has 0 heterocycles. The second-order valence-corrected chi connectivity index (χ2v) is 7.18. The van der Waals surface area contributed by atoms with Crippen LogP contribution in [-0.4, -0.2) is 34.7 Å². The number of sulfonamides is 1. The Morgan fingerprint density at radius 3 is 2.57 bits per heavy atom. The number of methoxy groups -OCH3 is 1. The summed E-state index contributed by atoms with van der Waals surface area (Å²) in [5.41, 5.74) is 2.21. The van der Waals surface area contributed by atoms with Gasteiger partial charge in [0.15, 0.2) is 0 Å². The SMILES string of the molecule is CCc1ccc(S(=O)(=O)NC2CC(OC)C2)cc1CNC. The van der Waals surface area contributed by atoms with Crippen LogP contribution >= 0.6 is 0 Å². The molecule has 1 aliphatic rings. The van der Waals surface area contributed by atoms with E-state index in [0.717, 1.165) is 24.8 Å². The van der Waals surface area contributed by atoms with Crippen molar-refractivity contribution in [3.8, 4) is 0 Å². The molecule has 2 rings (SSSR count). The summed E-state index contributed by atoms with van der Waals surface area (Å²) >= 11 is 0. The maximum Gasteiger partial charge on any atom is 0.240 e. The molecule has 1 saturated carbocycles. The van der Waals surface area contributed by atoms with Crippen LogP contribution in [0.5, 0.6) is 0 Å². The summed E-state index contributed by atoms with van der Waals surface area (Å²) in [6.07, 6.45) is 2.56. The van der Waals surface area contributed by atoms with Crippen LogP contribution in [0.3, 0.4) is 0 Å². The molecular formula is C15H24N2O3S. The fraction of sp³-hybridized carbons (Fsp3) is 0.600. The molecule has 0 amide bonds. The lowest BCUT2D eigenvalue weighted by Crippen LogP contribution is -2.47. The first-order valence-corrected chi connectivity index (χ1v) is 8.80. The van der Waals surface area contributed by atoms with E-state index >= 15 is 0 Å². The van der Waals surface area contributed by atoms with Gasteiger partial charge in [0, 0.05) is 19.7 Å². The van der Waals surface area contributed by atoms with Gasteiger partial charge in [-0.2, -0.15) is 0 Å². The number of nitrogens with one attached hydrogen (secondary N) is 2. The topological polar surface area (TPSA) is 67.4 Å². The van der Waals surface area contributed by atoms with Crippen LogP contribution in [0.4, 0.5) is 0 Å². The highest BCUT2D eigenvalue weighted by molar-refractivity contribution is 7.89. The van der Waals surface area contributed by atoms with Crippen molar-refractivity contribution in [2.45, 2.75) is 49.8 Å². The molecule has 1 aliphatic carbocycles. The van der Waals surface area contributed by atoms with E-state index in [1.165, 1.54) is 5.56 Å². The van der Waals surface area contributed by atoms with Crippen molar-refractivity contribution >= 4 is 10.0 Å². The minimum atomic E-state index is -3.45. The van der Waals surface area contributed by atoms with E-state index in [9.17, 15) is 8.42 Å². The zero-order valence-electron chi connectivity index (χ0n) is 12.8. The average molecular weight is 312 g/mol. The molecule has 6 heteroatoms. The summed E-state index contributed by atoms with van der Waals surface area (Å²) in [5, 5.41) is 3.08. The molecule has 0 aliphatic heterocycles. The zero-order chi connectivity index (χ0) is 15.5. The van der Waals surface area contributed by atoms with Gasteiger partial charge in [-0.25, -0.2) is 13.1 Å². The first kappa shape index (κ1) is 16.4. The molecule has 5 nitrogen and oxygen atoms in total. The average Bonchev–Trinajstić information content (AvgIpc) is 2.42. The number of rotatable bonds is 7. The van der Waals surface area contributed by atoms with E-state index in [-0.39, 0.29) is 12.1 Å². The van der Waals surface area contributed by atoms with Gasteiger partial charge in [0.1, 0.15) is 0 Å².